The van der Waals surface area contributed by atoms with E-state index in [9.17, 15) is 14.4 Å². The second kappa shape index (κ2) is 57.7. The van der Waals surface area contributed by atoms with Crippen LogP contribution < -0.4 is 0 Å². The normalized spacial score (nSPS) is 12.4. The molecule has 6 nitrogen and oxygen atoms in total. The highest BCUT2D eigenvalue weighted by Crippen LogP contribution is 2.17. The van der Waals surface area contributed by atoms with Crippen LogP contribution in [0.1, 0.15) is 303 Å². The standard InChI is InChI=1S/C63H112O6/c1-4-7-10-13-16-19-22-23-24-25-26-27-28-29-30-31-32-33-34-35-36-37-38-39-42-44-47-50-53-56-62(65)68-59-60(69-63(66)57-54-51-48-45-41-21-18-15-12-9-6-3)58-67-61(64)55-52-49-46-43-40-20-17-14-11-8-5-2/h7,10,16,19,23-24,26-27,29-30,60H,4-6,8-9,11-15,17-18,20-22,25,28,31-59H2,1-3H3/b10-7-,19-16-,24-23-,27-26-,30-29-. The minimum atomic E-state index is -0.768. The SMILES string of the molecule is CC/C=C\C/C=C\C/C=C\C/C=C\C/C=C\CCCCCCCCCCCCCCCC(=O)OCC(COC(=O)CCCCCCCCCCCCC)OC(=O)CCCCCCCCCCCCC. The smallest absolute Gasteiger partial charge is 0.306 e. The number of carbonyl (C=O) groups excluding carboxylic acids is 3. The molecule has 0 bridgehead atoms. The predicted molar refractivity (Wildman–Crippen MR) is 298 cm³/mol. The fourth-order valence-electron chi connectivity index (χ4n) is 8.59. The van der Waals surface area contributed by atoms with E-state index in [-0.39, 0.29) is 31.1 Å². The Hall–Kier alpha value is -2.89. The van der Waals surface area contributed by atoms with Crippen LogP contribution in [-0.4, -0.2) is 37.2 Å². The molecule has 0 spiro atoms. The third-order valence-corrected chi connectivity index (χ3v) is 13.0. The molecule has 69 heavy (non-hydrogen) atoms. The number of hydrogen-bond donors (Lipinski definition) is 0. The van der Waals surface area contributed by atoms with E-state index >= 15 is 0 Å². The quantitative estimate of drug-likeness (QED) is 0.0262. The largest absolute Gasteiger partial charge is 0.462 e. The molecule has 0 radical (unpaired) electrons. The van der Waals surface area contributed by atoms with Gasteiger partial charge in [-0.15, -0.1) is 0 Å². The van der Waals surface area contributed by atoms with E-state index in [2.05, 4.69) is 81.5 Å². The van der Waals surface area contributed by atoms with Crippen LogP contribution in [0.2, 0.25) is 0 Å². The van der Waals surface area contributed by atoms with Crippen molar-refractivity contribution in [3.05, 3.63) is 60.8 Å². The minimum absolute atomic E-state index is 0.0689. The Labute approximate surface area is 428 Å². The van der Waals surface area contributed by atoms with Crippen LogP contribution in [0, 0.1) is 0 Å². The Morgan fingerprint density at radius 2 is 0.565 bits per heavy atom. The van der Waals surface area contributed by atoms with Gasteiger partial charge in [0, 0.05) is 19.3 Å². The molecule has 0 rings (SSSR count). The van der Waals surface area contributed by atoms with Crippen LogP contribution in [0.3, 0.4) is 0 Å². The summed E-state index contributed by atoms with van der Waals surface area (Å²) in [6, 6.07) is 0. The summed E-state index contributed by atoms with van der Waals surface area (Å²) in [5.41, 5.74) is 0. The first-order valence-electron chi connectivity index (χ1n) is 29.8. The molecule has 0 aliphatic carbocycles. The summed E-state index contributed by atoms with van der Waals surface area (Å²) in [6.07, 6.45) is 72.3. The van der Waals surface area contributed by atoms with Gasteiger partial charge in [0.25, 0.3) is 0 Å². The number of ether oxygens (including phenoxy) is 3. The molecule has 0 aliphatic rings. The Kier molecular flexibility index (Phi) is 55.3. The Balaban J connectivity index is 4.12. The molecule has 0 aromatic heterocycles. The van der Waals surface area contributed by atoms with Gasteiger partial charge in [-0.05, 0) is 64.2 Å². The number of unbranched alkanes of at least 4 members (excludes halogenated alkanes) is 33. The summed E-state index contributed by atoms with van der Waals surface area (Å²) in [7, 11) is 0. The number of hydrogen-bond acceptors (Lipinski definition) is 6. The maximum Gasteiger partial charge on any atom is 0.306 e. The summed E-state index contributed by atoms with van der Waals surface area (Å²) in [5, 5.41) is 0. The van der Waals surface area contributed by atoms with Gasteiger partial charge in [-0.2, -0.15) is 0 Å². The van der Waals surface area contributed by atoms with Crippen LogP contribution in [-0.2, 0) is 28.6 Å². The fourth-order valence-corrected chi connectivity index (χ4v) is 8.59. The maximum absolute atomic E-state index is 12.8. The third-order valence-electron chi connectivity index (χ3n) is 13.0. The van der Waals surface area contributed by atoms with Crippen molar-refractivity contribution < 1.29 is 28.6 Å². The Bertz CT molecular complexity index is 1250. The summed E-state index contributed by atoms with van der Waals surface area (Å²) in [6.45, 7) is 6.54. The van der Waals surface area contributed by atoms with Crippen LogP contribution in [0.4, 0.5) is 0 Å². The molecular weight excluding hydrogens is 853 g/mol. The minimum Gasteiger partial charge on any atom is -0.462 e. The van der Waals surface area contributed by atoms with Gasteiger partial charge in [0.05, 0.1) is 0 Å². The lowest BCUT2D eigenvalue weighted by atomic mass is 10.0. The highest BCUT2D eigenvalue weighted by molar-refractivity contribution is 5.71. The van der Waals surface area contributed by atoms with Gasteiger partial charge in [0.2, 0.25) is 0 Å². The van der Waals surface area contributed by atoms with E-state index < -0.39 is 6.10 Å². The lowest BCUT2D eigenvalue weighted by molar-refractivity contribution is -0.167. The van der Waals surface area contributed by atoms with Gasteiger partial charge >= 0.3 is 17.9 Å². The van der Waals surface area contributed by atoms with Crippen molar-refractivity contribution in [2.24, 2.45) is 0 Å². The highest BCUT2D eigenvalue weighted by Gasteiger charge is 2.19. The zero-order valence-corrected chi connectivity index (χ0v) is 45.8. The average molecular weight is 966 g/mol. The van der Waals surface area contributed by atoms with Crippen LogP contribution in [0.15, 0.2) is 60.8 Å². The van der Waals surface area contributed by atoms with Crippen LogP contribution in [0.25, 0.3) is 0 Å². The van der Waals surface area contributed by atoms with E-state index in [4.69, 9.17) is 14.2 Å². The Morgan fingerprint density at radius 3 is 0.884 bits per heavy atom. The summed E-state index contributed by atoms with van der Waals surface area (Å²) in [4.78, 5) is 38.0. The summed E-state index contributed by atoms with van der Waals surface area (Å²) < 4.78 is 16.8. The first kappa shape index (κ1) is 66.1. The molecule has 0 aromatic carbocycles. The van der Waals surface area contributed by atoms with E-state index in [0.717, 1.165) is 89.9 Å². The molecule has 6 heteroatoms. The van der Waals surface area contributed by atoms with E-state index in [1.807, 2.05) is 0 Å². The van der Waals surface area contributed by atoms with Gasteiger partial charge in [-0.1, -0.05) is 281 Å². The zero-order chi connectivity index (χ0) is 50.0. The van der Waals surface area contributed by atoms with Crippen molar-refractivity contribution in [2.45, 2.75) is 309 Å². The Morgan fingerprint density at radius 1 is 0.304 bits per heavy atom. The van der Waals surface area contributed by atoms with Crippen molar-refractivity contribution in [1.29, 1.82) is 0 Å². The van der Waals surface area contributed by atoms with Gasteiger partial charge < -0.3 is 14.2 Å². The number of esters is 3. The first-order chi connectivity index (χ1) is 34.0. The maximum atomic E-state index is 12.8. The molecule has 0 N–H and O–H groups in total. The molecule has 400 valence electrons. The molecule has 1 atom stereocenters. The number of carbonyl (C=O) groups is 3. The lowest BCUT2D eigenvalue weighted by Crippen LogP contribution is -2.30. The van der Waals surface area contributed by atoms with Crippen molar-refractivity contribution in [3.63, 3.8) is 0 Å². The van der Waals surface area contributed by atoms with Crippen molar-refractivity contribution in [3.8, 4) is 0 Å². The monoisotopic (exact) mass is 965 g/mol. The highest BCUT2D eigenvalue weighted by atomic mass is 16.6. The molecule has 0 amide bonds. The molecule has 0 aromatic rings. The van der Waals surface area contributed by atoms with Gasteiger partial charge in [-0.3, -0.25) is 14.4 Å². The molecule has 0 fully saturated rings. The molecule has 1 unspecified atom stereocenters. The van der Waals surface area contributed by atoms with Gasteiger partial charge in [0.15, 0.2) is 6.10 Å². The van der Waals surface area contributed by atoms with E-state index in [0.29, 0.717) is 19.3 Å². The van der Waals surface area contributed by atoms with E-state index in [1.54, 1.807) is 0 Å². The van der Waals surface area contributed by atoms with Crippen LogP contribution in [0.5, 0.6) is 0 Å². The van der Waals surface area contributed by atoms with Gasteiger partial charge in [0.1, 0.15) is 13.2 Å². The van der Waals surface area contributed by atoms with E-state index in [1.165, 1.54) is 173 Å². The lowest BCUT2D eigenvalue weighted by Gasteiger charge is -2.18. The molecule has 0 saturated heterocycles. The molecule has 0 aliphatic heterocycles. The molecule has 0 heterocycles. The number of allylic oxidation sites excluding steroid dienone is 10. The number of rotatable bonds is 54. The van der Waals surface area contributed by atoms with Crippen molar-refractivity contribution in [2.75, 3.05) is 13.2 Å². The van der Waals surface area contributed by atoms with Crippen molar-refractivity contribution >= 4 is 17.9 Å². The zero-order valence-electron chi connectivity index (χ0n) is 45.8. The van der Waals surface area contributed by atoms with Crippen molar-refractivity contribution in [1.82, 2.24) is 0 Å². The first-order valence-corrected chi connectivity index (χ1v) is 29.8. The summed E-state index contributed by atoms with van der Waals surface area (Å²) in [5.74, 6) is -0.858. The molecular formula is C63H112O6. The average Bonchev–Trinajstić information content (AvgIpc) is 3.35. The summed E-state index contributed by atoms with van der Waals surface area (Å²) >= 11 is 0. The third kappa shape index (κ3) is 55.9. The topological polar surface area (TPSA) is 78.9 Å². The van der Waals surface area contributed by atoms with Crippen LogP contribution >= 0.6 is 0 Å². The predicted octanol–water partition coefficient (Wildman–Crippen LogP) is 20.0. The van der Waals surface area contributed by atoms with Gasteiger partial charge in [-0.25, -0.2) is 0 Å². The fraction of sp³-hybridized carbons (Fsp3) is 0.794. The molecule has 0 saturated carbocycles. The second-order valence-electron chi connectivity index (χ2n) is 19.9. The second-order valence-corrected chi connectivity index (χ2v) is 19.9.